The van der Waals surface area contributed by atoms with Crippen LogP contribution in [0.3, 0.4) is 0 Å². The normalized spacial score (nSPS) is 10.7. The Balaban J connectivity index is 1.67. The number of aromatic amines is 1. The number of ether oxygens (including phenoxy) is 3. The second-order valence-electron chi connectivity index (χ2n) is 6.80. The van der Waals surface area contributed by atoms with Crippen molar-refractivity contribution in [2.75, 3.05) is 33.3 Å². The molecule has 0 aliphatic rings. The third kappa shape index (κ3) is 3.75. The van der Waals surface area contributed by atoms with Crippen LogP contribution in [-0.2, 0) is 0 Å². The van der Waals surface area contributed by atoms with Gasteiger partial charge in [-0.3, -0.25) is 9.78 Å². The van der Waals surface area contributed by atoms with Crippen LogP contribution in [0.25, 0.3) is 22.3 Å². The molecule has 31 heavy (non-hydrogen) atoms. The van der Waals surface area contributed by atoms with Crippen molar-refractivity contribution in [2.24, 2.45) is 0 Å². The summed E-state index contributed by atoms with van der Waals surface area (Å²) in [7, 11) is 6.29. The first kappa shape index (κ1) is 20.2. The number of hydrogen-bond donors (Lipinski definition) is 1. The summed E-state index contributed by atoms with van der Waals surface area (Å²) in [5, 5.41) is 0. The molecule has 8 nitrogen and oxygen atoms in total. The van der Waals surface area contributed by atoms with Crippen molar-refractivity contribution >= 4 is 22.6 Å². The van der Waals surface area contributed by atoms with Gasteiger partial charge >= 0.3 is 0 Å². The van der Waals surface area contributed by atoms with Crippen molar-refractivity contribution in [3.05, 3.63) is 60.6 Å². The molecule has 0 unspecified atom stereocenters. The Morgan fingerprint density at radius 3 is 2.35 bits per heavy atom. The zero-order valence-electron chi connectivity index (χ0n) is 17.7. The minimum Gasteiger partial charge on any atom is -0.493 e. The lowest BCUT2D eigenvalue weighted by Gasteiger charge is -2.20. The first-order valence-electron chi connectivity index (χ1n) is 9.54. The largest absolute Gasteiger partial charge is 0.493 e. The monoisotopic (exact) mass is 418 g/mol. The van der Waals surface area contributed by atoms with Crippen LogP contribution in [0, 0.1) is 0 Å². The summed E-state index contributed by atoms with van der Waals surface area (Å²) in [6, 6.07) is 12.8. The molecule has 1 amide bonds. The van der Waals surface area contributed by atoms with Crippen LogP contribution < -0.4 is 19.1 Å². The SMILES string of the molecule is COc1cc(N(C)C(=O)c2cc3nc(-c4cccnc4)ccc3[nH]2)cc(OC)c1OC. The summed E-state index contributed by atoms with van der Waals surface area (Å²) in [6.45, 7) is 0. The van der Waals surface area contributed by atoms with Crippen molar-refractivity contribution in [3.63, 3.8) is 0 Å². The molecule has 8 heteroatoms. The van der Waals surface area contributed by atoms with Gasteiger partial charge in [0, 0.05) is 37.1 Å². The number of amides is 1. The lowest BCUT2D eigenvalue weighted by atomic mass is 10.2. The maximum atomic E-state index is 13.2. The van der Waals surface area contributed by atoms with Crippen LogP contribution in [-0.4, -0.2) is 49.2 Å². The quantitative estimate of drug-likeness (QED) is 0.510. The molecule has 3 aromatic heterocycles. The van der Waals surface area contributed by atoms with E-state index in [1.54, 1.807) is 37.6 Å². The Morgan fingerprint density at radius 2 is 1.74 bits per heavy atom. The van der Waals surface area contributed by atoms with Crippen LogP contribution in [0.2, 0.25) is 0 Å². The zero-order valence-corrected chi connectivity index (χ0v) is 17.7. The number of nitrogens with one attached hydrogen (secondary N) is 1. The molecule has 158 valence electrons. The molecule has 4 rings (SSSR count). The van der Waals surface area contributed by atoms with Crippen molar-refractivity contribution in [1.82, 2.24) is 15.0 Å². The molecule has 0 atom stereocenters. The van der Waals surface area contributed by atoms with Crippen LogP contribution >= 0.6 is 0 Å². The number of pyridine rings is 2. The predicted molar refractivity (Wildman–Crippen MR) is 118 cm³/mol. The van der Waals surface area contributed by atoms with E-state index in [1.165, 1.54) is 26.2 Å². The van der Waals surface area contributed by atoms with Crippen LogP contribution in [0.15, 0.2) is 54.9 Å². The fourth-order valence-electron chi connectivity index (χ4n) is 3.36. The van der Waals surface area contributed by atoms with Gasteiger partial charge in [0.15, 0.2) is 11.5 Å². The highest BCUT2D eigenvalue weighted by molar-refractivity contribution is 6.07. The molecule has 0 aliphatic heterocycles. The van der Waals surface area contributed by atoms with E-state index in [9.17, 15) is 4.79 Å². The van der Waals surface area contributed by atoms with E-state index in [0.717, 1.165) is 16.8 Å². The molecule has 3 heterocycles. The number of rotatable bonds is 6. The summed E-state index contributed by atoms with van der Waals surface area (Å²) in [4.78, 5) is 26.6. The smallest absolute Gasteiger partial charge is 0.274 e. The van der Waals surface area contributed by atoms with E-state index >= 15 is 0 Å². The molecule has 0 bridgehead atoms. The van der Waals surface area contributed by atoms with Gasteiger partial charge in [-0.1, -0.05) is 0 Å². The number of benzene rings is 1. The van der Waals surface area contributed by atoms with E-state index in [4.69, 9.17) is 14.2 Å². The van der Waals surface area contributed by atoms with E-state index in [-0.39, 0.29) is 5.91 Å². The summed E-state index contributed by atoms with van der Waals surface area (Å²) >= 11 is 0. The van der Waals surface area contributed by atoms with Crippen LogP contribution in [0.1, 0.15) is 10.5 Å². The van der Waals surface area contributed by atoms with Gasteiger partial charge in [-0.2, -0.15) is 0 Å². The Bertz CT molecular complexity index is 1210. The molecule has 1 aromatic carbocycles. The number of hydrogen-bond acceptors (Lipinski definition) is 6. The van der Waals surface area contributed by atoms with E-state index < -0.39 is 0 Å². The number of carbonyl (C=O) groups is 1. The van der Waals surface area contributed by atoms with Gasteiger partial charge in [0.2, 0.25) is 5.75 Å². The van der Waals surface area contributed by atoms with Crippen LogP contribution in [0.5, 0.6) is 17.2 Å². The summed E-state index contributed by atoms with van der Waals surface area (Å²) < 4.78 is 16.1. The van der Waals surface area contributed by atoms with Gasteiger partial charge < -0.3 is 24.1 Å². The Labute approximate surface area is 179 Å². The number of fused-ring (bicyclic) bond motifs is 1. The molecule has 4 aromatic rings. The number of aromatic nitrogens is 3. The molecule has 0 saturated heterocycles. The molecule has 0 saturated carbocycles. The Hall–Kier alpha value is -4.07. The average molecular weight is 418 g/mol. The fourth-order valence-corrected chi connectivity index (χ4v) is 3.36. The third-order valence-electron chi connectivity index (χ3n) is 5.00. The second-order valence-corrected chi connectivity index (χ2v) is 6.80. The number of methoxy groups -OCH3 is 3. The standard InChI is InChI=1S/C23H22N4O4/c1-27(15-10-20(29-2)22(31-4)21(11-15)30-3)23(28)19-12-18-17(26-19)8-7-16(25-18)14-6-5-9-24-13-14/h5-13,26H,1-4H3. The molecule has 0 spiro atoms. The van der Waals surface area contributed by atoms with Crippen molar-refractivity contribution in [1.29, 1.82) is 0 Å². The number of H-pyrrole nitrogens is 1. The number of carbonyl (C=O) groups excluding carboxylic acids is 1. The zero-order chi connectivity index (χ0) is 22.0. The minimum absolute atomic E-state index is 0.227. The molecule has 0 fully saturated rings. The highest BCUT2D eigenvalue weighted by Crippen LogP contribution is 2.41. The summed E-state index contributed by atoms with van der Waals surface area (Å²) in [5.41, 5.74) is 4.19. The Kier molecular flexibility index (Phi) is 5.44. The van der Waals surface area contributed by atoms with E-state index in [1.807, 2.05) is 24.3 Å². The minimum atomic E-state index is -0.227. The highest BCUT2D eigenvalue weighted by atomic mass is 16.5. The van der Waals surface area contributed by atoms with Gasteiger partial charge in [-0.15, -0.1) is 0 Å². The van der Waals surface area contributed by atoms with Crippen LogP contribution in [0.4, 0.5) is 5.69 Å². The van der Waals surface area contributed by atoms with Gasteiger partial charge in [0.1, 0.15) is 5.69 Å². The van der Waals surface area contributed by atoms with E-state index in [0.29, 0.717) is 34.1 Å². The lowest BCUT2D eigenvalue weighted by Crippen LogP contribution is -2.26. The highest BCUT2D eigenvalue weighted by Gasteiger charge is 2.21. The number of anilines is 1. The number of nitrogens with zero attached hydrogens (tertiary/aromatic N) is 3. The Morgan fingerprint density at radius 1 is 1.00 bits per heavy atom. The van der Waals surface area contributed by atoms with Crippen molar-refractivity contribution in [3.8, 4) is 28.5 Å². The molecular weight excluding hydrogens is 396 g/mol. The molecule has 0 radical (unpaired) electrons. The van der Waals surface area contributed by atoms with Gasteiger partial charge in [0.25, 0.3) is 5.91 Å². The third-order valence-corrected chi connectivity index (χ3v) is 5.00. The fraction of sp³-hybridized carbons (Fsp3) is 0.174. The van der Waals surface area contributed by atoms with Crippen molar-refractivity contribution in [2.45, 2.75) is 0 Å². The van der Waals surface area contributed by atoms with Gasteiger partial charge in [-0.25, -0.2) is 4.98 Å². The average Bonchev–Trinajstić information content (AvgIpc) is 3.26. The predicted octanol–water partition coefficient (Wildman–Crippen LogP) is 3.93. The maximum Gasteiger partial charge on any atom is 0.274 e. The summed E-state index contributed by atoms with van der Waals surface area (Å²) in [6.07, 6.45) is 3.47. The van der Waals surface area contributed by atoms with Gasteiger partial charge in [0.05, 0.1) is 43.7 Å². The summed E-state index contributed by atoms with van der Waals surface area (Å²) in [5.74, 6) is 1.18. The lowest BCUT2D eigenvalue weighted by molar-refractivity contribution is 0.0989. The molecule has 0 aliphatic carbocycles. The first-order valence-corrected chi connectivity index (χ1v) is 9.54. The van der Waals surface area contributed by atoms with Gasteiger partial charge in [-0.05, 0) is 30.3 Å². The first-order chi connectivity index (χ1) is 15.0. The topological polar surface area (TPSA) is 89.6 Å². The molecular formula is C23H22N4O4. The second kappa shape index (κ2) is 8.35. The van der Waals surface area contributed by atoms with E-state index in [2.05, 4.69) is 15.0 Å². The maximum absolute atomic E-state index is 13.2. The molecule has 1 N–H and O–H groups in total. The van der Waals surface area contributed by atoms with Crippen molar-refractivity contribution < 1.29 is 19.0 Å².